The average Bonchev–Trinajstić information content (AvgIpc) is 3.29. The maximum absolute atomic E-state index is 13.2. The second kappa shape index (κ2) is 12.2. The number of carboxylic acids is 1. The third kappa shape index (κ3) is 7.17. The van der Waals surface area contributed by atoms with Crippen LogP contribution in [0, 0.1) is 5.41 Å². The maximum atomic E-state index is 13.2. The molecule has 5 N–H and O–H groups in total. The number of amides is 2. The second-order valence-electron chi connectivity index (χ2n) is 8.05. The molecule has 0 saturated carbocycles. The van der Waals surface area contributed by atoms with Gasteiger partial charge in [-0.25, -0.2) is 0 Å². The van der Waals surface area contributed by atoms with Crippen LogP contribution >= 0.6 is 0 Å². The second-order valence-corrected chi connectivity index (χ2v) is 8.05. The van der Waals surface area contributed by atoms with Crippen molar-refractivity contribution in [1.82, 2.24) is 0 Å². The highest BCUT2D eigenvalue weighted by Gasteiger charge is 2.24. The van der Waals surface area contributed by atoms with Crippen molar-refractivity contribution in [1.29, 1.82) is 5.41 Å². The number of benzene rings is 3. The molecule has 1 atom stereocenters. The van der Waals surface area contributed by atoms with E-state index in [1.54, 1.807) is 41.3 Å². The molecule has 0 radical (unpaired) electrons. The van der Waals surface area contributed by atoms with Crippen LogP contribution in [0.5, 0.6) is 5.75 Å². The Balaban J connectivity index is 0.000000840. The van der Waals surface area contributed by atoms with Gasteiger partial charge in [0.25, 0.3) is 11.9 Å². The summed E-state index contributed by atoms with van der Waals surface area (Å²) in [7, 11) is 0. The standard InChI is InChI=1S/C25H24N4O3.C2H4O2/c26-24(27)18-8-4-9-21(16-18)32-23(17-6-2-1-3-7-17)25(31)28-19-11-13-20(14-12-19)29-15-5-10-22(29)30;1-2(3)4/h1-4,6-9,11-14,16,23H,5,10,15H2,(H3,26,27)(H,28,31);1H3,(H,3,4). The Kier molecular flexibility index (Phi) is 8.77. The number of ether oxygens (including phenoxy) is 1. The quantitative estimate of drug-likeness (QED) is 0.293. The van der Waals surface area contributed by atoms with Gasteiger partial charge in [-0.2, -0.15) is 0 Å². The Morgan fingerprint density at radius 1 is 1.06 bits per heavy atom. The lowest BCUT2D eigenvalue weighted by Crippen LogP contribution is -2.26. The molecule has 1 saturated heterocycles. The number of hydrogen-bond acceptors (Lipinski definition) is 5. The lowest BCUT2D eigenvalue weighted by Gasteiger charge is -2.20. The maximum Gasteiger partial charge on any atom is 0.300 e. The van der Waals surface area contributed by atoms with Gasteiger partial charge < -0.3 is 25.8 Å². The summed E-state index contributed by atoms with van der Waals surface area (Å²) in [4.78, 5) is 35.9. The minimum Gasteiger partial charge on any atom is -0.481 e. The summed E-state index contributed by atoms with van der Waals surface area (Å²) < 4.78 is 6.03. The molecule has 36 heavy (non-hydrogen) atoms. The van der Waals surface area contributed by atoms with Crippen LogP contribution < -0.4 is 20.7 Å². The normalized spacial score (nSPS) is 13.2. The summed E-state index contributed by atoms with van der Waals surface area (Å²) in [5.41, 5.74) is 8.21. The van der Waals surface area contributed by atoms with Crippen molar-refractivity contribution in [3.05, 3.63) is 90.0 Å². The third-order valence-corrected chi connectivity index (χ3v) is 5.26. The van der Waals surface area contributed by atoms with Crippen molar-refractivity contribution in [3.8, 4) is 5.75 Å². The SMILES string of the molecule is CC(=O)O.N=C(N)c1cccc(OC(C(=O)Nc2ccc(N3CCCC3=O)cc2)c2ccccc2)c1. The van der Waals surface area contributed by atoms with Gasteiger partial charge in [0.1, 0.15) is 11.6 Å². The predicted molar refractivity (Wildman–Crippen MR) is 137 cm³/mol. The van der Waals surface area contributed by atoms with E-state index in [0.717, 1.165) is 19.0 Å². The van der Waals surface area contributed by atoms with Gasteiger partial charge in [-0.05, 0) is 42.8 Å². The lowest BCUT2D eigenvalue weighted by molar-refractivity contribution is -0.134. The number of aliphatic carboxylic acids is 1. The molecule has 0 bridgehead atoms. The topological polar surface area (TPSA) is 146 Å². The number of rotatable bonds is 7. The lowest BCUT2D eigenvalue weighted by atomic mass is 10.1. The number of nitrogens with two attached hydrogens (primary N) is 1. The molecular formula is C27H28N4O5. The Bertz CT molecular complexity index is 1220. The summed E-state index contributed by atoms with van der Waals surface area (Å²) >= 11 is 0. The van der Waals surface area contributed by atoms with Crippen molar-refractivity contribution >= 4 is 35.0 Å². The van der Waals surface area contributed by atoms with E-state index in [1.807, 2.05) is 42.5 Å². The number of carboxylic acid groups (broad SMARTS) is 1. The zero-order valence-corrected chi connectivity index (χ0v) is 19.8. The van der Waals surface area contributed by atoms with E-state index in [1.165, 1.54) is 0 Å². The monoisotopic (exact) mass is 488 g/mol. The first kappa shape index (κ1) is 26.0. The molecule has 0 aromatic heterocycles. The number of nitrogens with one attached hydrogen (secondary N) is 2. The number of nitrogens with zero attached hydrogens (tertiary/aromatic N) is 1. The van der Waals surface area contributed by atoms with Crippen molar-refractivity contribution in [2.24, 2.45) is 5.73 Å². The van der Waals surface area contributed by atoms with Gasteiger partial charge in [0, 0.05) is 42.4 Å². The molecule has 1 fully saturated rings. The van der Waals surface area contributed by atoms with Crippen molar-refractivity contribution < 1.29 is 24.2 Å². The van der Waals surface area contributed by atoms with E-state index >= 15 is 0 Å². The first-order chi connectivity index (χ1) is 17.2. The van der Waals surface area contributed by atoms with Crippen molar-refractivity contribution in [2.45, 2.75) is 25.9 Å². The van der Waals surface area contributed by atoms with E-state index in [0.29, 0.717) is 35.5 Å². The van der Waals surface area contributed by atoms with E-state index in [2.05, 4.69) is 5.32 Å². The summed E-state index contributed by atoms with van der Waals surface area (Å²) in [6, 6.07) is 23.2. The van der Waals surface area contributed by atoms with Gasteiger partial charge in [-0.3, -0.25) is 19.8 Å². The number of amidine groups is 1. The Morgan fingerprint density at radius 3 is 2.31 bits per heavy atom. The highest BCUT2D eigenvalue weighted by molar-refractivity contribution is 5.97. The molecule has 3 aromatic carbocycles. The molecule has 4 rings (SSSR count). The first-order valence-corrected chi connectivity index (χ1v) is 11.3. The molecule has 3 aromatic rings. The molecule has 9 heteroatoms. The minimum absolute atomic E-state index is 0.0762. The van der Waals surface area contributed by atoms with Gasteiger partial charge in [0.05, 0.1) is 0 Å². The van der Waals surface area contributed by atoms with Crippen LogP contribution in [0.15, 0.2) is 78.9 Å². The van der Waals surface area contributed by atoms with Crippen LogP contribution in [0.2, 0.25) is 0 Å². The van der Waals surface area contributed by atoms with Gasteiger partial charge >= 0.3 is 0 Å². The average molecular weight is 489 g/mol. The van der Waals surface area contributed by atoms with E-state index in [9.17, 15) is 9.59 Å². The molecule has 0 spiro atoms. The fourth-order valence-corrected chi connectivity index (χ4v) is 3.63. The zero-order valence-electron chi connectivity index (χ0n) is 19.8. The summed E-state index contributed by atoms with van der Waals surface area (Å²) in [6.45, 7) is 1.80. The molecule has 2 amide bonds. The number of anilines is 2. The fourth-order valence-electron chi connectivity index (χ4n) is 3.63. The zero-order chi connectivity index (χ0) is 26.1. The molecule has 9 nitrogen and oxygen atoms in total. The molecular weight excluding hydrogens is 460 g/mol. The summed E-state index contributed by atoms with van der Waals surface area (Å²) in [5, 5.41) is 17.9. The Hall–Kier alpha value is -4.66. The van der Waals surface area contributed by atoms with Crippen molar-refractivity contribution in [2.75, 3.05) is 16.8 Å². The molecule has 1 unspecified atom stereocenters. The van der Waals surface area contributed by atoms with Crippen LogP contribution in [0.25, 0.3) is 0 Å². The summed E-state index contributed by atoms with van der Waals surface area (Å²) in [6.07, 6.45) is 0.524. The first-order valence-electron chi connectivity index (χ1n) is 11.3. The smallest absolute Gasteiger partial charge is 0.300 e. The van der Waals surface area contributed by atoms with Crippen LogP contribution in [-0.2, 0) is 14.4 Å². The number of hydrogen-bond donors (Lipinski definition) is 4. The largest absolute Gasteiger partial charge is 0.481 e. The highest BCUT2D eigenvalue weighted by atomic mass is 16.5. The summed E-state index contributed by atoms with van der Waals surface area (Å²) in [5.74, 6) is -0.695. The molecule has 0 aliphatic carbocycles. The van der Waals surface area contributed by atoms with Gasteiger partial charge in [-0.1, -0.05) is 42.5 Å². The number of carbonyl (C=O) groups is 3. The van der Waals surface area contributed by atoms with E-state index in [-0.39, 0.29) is 17.6 Å². The van der Waals surface area contributed by atoms with Gasteiger partial charge in [-0.15, -0.1) is 0 Å². The third-order valence-electron chi connectivity index (χ3n) is 5.26. The fraction of sp³-hybridized carbons (Fsp3) is 0.185. The molecule has 1 aliphatic heterocycles. The van der Waals surface area contributed by atoms with Crippen LogP contribution in [0.1, 0.15) is 37.0 Å². The van der Waals surface area contributed by atoms with Crippen LogP contribution in [0.3, 0.4) is 0 Å². The molecule has 1 aliphatic rings. The number of nitrogen functional groups attached to an aromatic ring is 1. The van der Waals surface area contributed by atoms with E-state index in [4.69, 9.17) is 25.8 Å². The van der Waals surface area contributed by atoms with Crippen molar-refractivity contribution in [3.63, 3.8) is 0 Å². The predicted octanol–water partition coefficient (Wildman–Crippen LogP) is 3.95. The van der Waals surface area contributed by atoms with E-state index < -0.39 is 12.1 Å². The highest BCUT2D eigenvalue weighted by Crippen LogP contribution is 2.26. The van der Waals surface area contributed by atoms with Gasteiger partial charge in [0.15, 0.2) is 0 Å². The molecule has 1 heterocycles. The molecule has 186 valence electrons. The Morgan fingerprint density at radius 2 is 1.72 bits per heavy atom. The Labute approximate surface area is 209 Å². The van der Waals surface area contributed by atoms with Gasteiger partial charge in [0.2, 0.25) is 12.0 Å². The van der Waals surface area contributed by atoms with Crippen LogP contribution in [-0.4, -0.2) is 35.3 Å². The van der Waals surface area contributed by atoms with Crippen LogP contribution in [0.4, 0.5) is 11.4 Å². The minimum atomic E-state index is -0.904. The number of carbonyl (C=O) groups excluding carboxylic acids is 2.